The average Bonchev–Trinajstić information content (AvgIpc) is 2.62. The Morgan fingerprint density at radius 2 is 2.50 bits per heavy atom. The van der Waals surface area contributed by atoms with E-state index in [1.165, 1.54) is 22.5 Å². The summed E-state index contributed by atoms with van der Waals surface area (Å²) in [4.78, 5) is 10.7. The van der Waals surface area contributed by atoms with Crippen molar-refractivity contribution in [3.63, 3.8) is 0 Å². The number of nitrogens with zero attached hydrogens (tertiary/aromatic N) is 2. The van der Waals surface area contributed by atoms with Gasteiger partial charge in [0.25, 0.3) is 0 Å². The molecule has 0 fully saturated rings. The lowest BCUT2D eigenvalue weighted by molar-refractivity contribution is 0.0684. The van der Waals surface area contributed by atoms with Gasteiger partial charge < -0.3 is 10.8 Å². The first kappa shape index (κ1) is 10.7. The summed E-state index contributed by atoms with van der Waals surface area (Å²) in [6.07, 6.45) is 1.42. The second-order valence-corrected chi connectivity index (χ2v) is 2.87. The van der Waals surface area contributed by atoms with Gasteiger partial charge in [-0.1, -0.05) is 11.6 Å². The van der Waals surface area contributed by atoms with E-state index in [1.807, 2.05) is 0 Å². The molecule has 0 aliphatic heterocycles. The summed E-state index contributed by atoms with van der Waals surface area (Å²) in [5.41, 5.74) is 7.57. The molecule has 0 aromatic carbocycles. The van der Waals surface area contributed by atoms with E-state index < -0.39 is 5.97 Å². The molecule has 0 unspecified atom stereocenters. The molecule has 1 aromatic heterocycles. The van der Waals surface area contributed by atoms with E-state index in [9.17, 15) is 4.79 Å². The van der Waals surface area contributed by atoms with Gasteiger partial charge in [-0.3, -0.25) is 4.68 Å². The summed E-state index contributed by atoms with van der Waals surface area (Å²) >= 11 is 5.49. The van der Waals surface area contributed by atoms with Gasteiger partial charge in [-0.25, -0.2) is 4.79 Å². The Balaban J connectivity index is 2.86. The molecule has 0 aliphatic rings. The van der Waals surface area contributed by atoms with Gasteiger partial charge in [0, 0.05) is 18.3 Å². The zero-order valence-electron chi connectivity index (χ0n) is 7.35. The Labute approximate surface area is 85.8 Å². The van der Waals surface area contributed by atoms with Crippen LogP contribution in [0, 0.1) is 0 Å². The van der Waals surface area contributed by atoms with Crippen LogP contribution in [-0.2, 0) is 6.54 Å². The summed E-state index contributed by atoms with van der Waals surface area (Å²) in [6, 6.07) is 1.42. The van der Waals surface area contributed by atoms with Crippen molar-refractivity contribution in [3.05, 3.63) is 29.1 Å². The van der Waals surface area contributed by atoms with E-state index >= 15 is 0 Å². The molecular weight excluding hydrogens is 206 g/mol. The first-order valence-corrected chi connectivity index (χ1v) is 4.36. The fourth-order valence-corrected chi connectivity index (χ4v) is 1.13. The molecule has 5 nitrogen and oxygen atoms in total. The quantitative estimate of drug-likeness (QED) is 0.773. The fraction of sp³-hybridized carbons (Fsp3) is 0.250. The van der Waals surface area contributed by atoms with Crippen molar-refractivity contribution in [2.75, 3.05) is 6.54 Å². The molecule has 0 amide bonds. The van der Waals surface area contributed by atoms with Crippen molar-refractivity contribution in [2.24, 2.45) is 5.73 Å². The van der Waals surface area contributed by atoms with Gasteiger partial charge in [0.1, 0.15) is 5.69 Å². The summed E-state index contributed by atoms with van der Waals surface area (Å²) in [6.45, 7) is 0.580. The van der Waals surface area contributed by atoms with Gasteiger partial charge in [0.2, 0.25) is 0 Å². The van der Waals surface area contributed by atoms with Gasteiger partial charge in [-0.05, 0) is 11.6 Å². The van der Waals surface area contributed by atoms with Crippen LogP contribution < -0.4 is 5.73 Å². The highest BCUT2D eigenvalue weighted by Crippen LogP contribution is 2.04. The minimum atomic E-state index is -1.02. The predicted molar refractivity (Wildman–Crippen MR) is 52.2 cm³/mol. The van der Waals surface area contributed by atoms with Crippen LogP contribution in [0.15, 0.2) is 23.4 Å². The molecule has 0 spiro atoms. The van der Waals surface area contributed by atoms with Crippen molar-refractivity contribution >= 4 is 17.6 Å². The minimum absolute atomic E-state index is 0.120. The van der Waals surface area contributed by atoms with Crippen LogP contribution in [0.5, 0.6) is 0 Å². The first-order valence-electron chi connectivity index (χ1n) is 3.92. The number of halogens is 1. The molecule has 0 radical (unpaired) electrons. The van der Waals surface area contributed by atoms with Crippen LogP contribution in [-0.4, -0.2) is 27.4 Å². The standard InChI is InChI=1S/C8H10ClN3O2/c9-3-6(4-10)5-12-7(8(13)14)1-2-11-12/h1-3H,4-5,10H2,(H,13,14). The maximum absolute atomic E-state index is 10.7. The highest BCUT2D eigenvalue weighted by Gasteiger charge is 2.10. The highest BCUT2D eigenvalue weighted by molar-refractivity contribution is 6.25. The van der Waals surface area contributed by atoms with Gasteiger partial charge in [0.05, 0.1) is 6.54 Å². The molecule has 76 valence electrons. The van der Waals surface area contributed by atoms with Crippen LogP contribution in [0.4, 0.5) is 0 Å². The zero-order chi connectivity index (χ0) is 10.6. The first-order chi connectivity index (χ1) is 6.69. The molecular formula is C8H10ClN3O2. The monoisotopic (exact) mass is 215 g/mol. The molecule has 3 N–H and O–H groups in total. The number of hydrogen-bond donors (Lipinski definition) is 2. The molecule has 6 heteroatoms. The van der Waals surface area contributed by atoms with Crippen molar-refractivity contribution in [1.29, 1.82) is 0 Å². The fourth-order valence-electron chi connectivity index (χ4n) is 0.976. The van der Waals surface area contributed by atoms with Crippen molar-refractivity contribution < 1.29 is 9.90 Å². The number of carbonyl (C=O) groups is 1. The second-order valence-electron chi connectivity index (χ2n) is 2.65. The number of carboxylic acid groups (broad SMARTS) is 1. The summed E-state index contributed by atoms with van der Waals surface area (Å²) < 4.78 is 1.34. The molecule has 1 aromatic rings. The SMILES string of the molecule is NCC(=CCl)Cn1nccc1C(=O)O. The smallest absolute Gasteiger partial charge is 0.354 e. The van der Waals surface area contributed by atoms with Crippen molar-refractivity contribution in [1.82, 2.24) is 9.78 Å². The largest absolute Gasteiger partial charge is 0.477 e. The molecule has 0 saturated heterocycles. The van der Waals surface area contributed by atoms with Gasteiger partial charge in [0.15, 0.2) is 0 Å². The number of nitrogens with two attached hydrogens (primary N) is 1. The summed E-state index contributed by atoms with van der Waals surface area (Å²) in [7, 11) is 0. The van der Waals surface area contributed by atoms with E-state index in [0.29, 0.717) is 6.54 Å². The summed E-state index contributed by atoms with van der Waals surface area (Å²) in [5, 5.41) is 12.6. The molecule has 14 heavy (non-hydrogen) atoms. The van der Waals surface area contributed by atoms with E-state index in [4.69, 9.17) is 22.4 Å². The lowest BCUT2D eigenvalue weighted by atomic mass is 10.3. The third kappa shape index (κ3) is 2.34. The molecule has 0 atom stereocenters. The zero-order valence-corrected chi connectivity index (χ0v) is 8.11. The lowest BCUT2D eigenvalue weighted by Gasteiger charge is -2.05. The van der Waals surface area contributed by atoms with Crippen LogP contribution in [0.25, 0.3) is 0 Å². The maximum Gasteiger partial charge on any atom is 0.354 e. The lowest BCUT2D eigenvalue weighted by Crippen LogP contribution is -2.15. The number of aromatic nitrogens is 2. The molecule has 0 saturated carbocycles. The number of aromatic carboxylic acids is 1. The Bertz CT molecular complexity index is 359. The van der Waals surface area contributed by atoms with E-state index in [2.05, 4.69) is 5.10 Å². The Hall–Kier alpha value is -1.33. The highest BCUT2D eigenvalue weighted by atomic mass is 35.5. The van der Waals surface area contributed by atoms with Crippen LogP contribution in [0.3, 0.4) is 0 Å². The number of carboxylic acids is 1. The van der Waals surface area contributed by atoms with Crippen LogP contribution in [0.2, 0.25) is 0 Å². The molecule has 0 bridgehead atoms. The molecule has 1 rings (SSSR count). The van der Waals surface area contributed by atoms with Crippen molar-refractivity contribution in [3.8, 4) is 0 Å². The third-order valence-electron chi connectivity index (χ3n) is 1.71. The number of rotatable bonds is 4. The molecule has 0 aliphatic carbocycles. The van der Waals surface area contributed by atoms with Crippen molar-refractivity contribution in [2.45, 2.75) is 6.54 Å². The van der Waals surface area contributed by atoms with Crippen LogP contribution in [0.1, 0.15) is 10.5 Å². The normalized spacial score (nSPS) is 11.7. The maximum atomic E-state index is 10.7. The minimum Gasteiger partial charge on any atom is -0.477 e. The molecule has 1 heterocycles. The predicted octanol–water partition coefficient (Wildman–Crippen LogP) is 0.663. The Morgan fingerprint density at radius 3 is 3.00 bits per heavy atom. The second kappa shape index (κ2) is 4.78. The Morgan fingerprint density at radius 1 is 1.79 bits per heavy atom. The van der Waals surface area contributed by atoms with E-state index in [1.54, 1.807) is 0 Å². The van der Waals surface area contributed by atoms with Crippen LogP contribution >= 0.6 is 11.6 Å². The average molecular weight is 216 g/mol. The van der Waals surface area contributed by atoms with Gasteiger partial charge in [-0.2, -0.15) is 5.10 Å². The van der Waals surface area contributed by atoms with E-state index in [-0.39, 0.29) is 12.2 Å². The topological polar surface area (TPSA) is 81.1 Å². The van der Waals surface area contributed by atoms with E-state index in [0.717, 1.165) is 5.57 Å². The summed E-state index contributed by atoms with van der Waals surface area (Å²) in [5.74, 6) is -1.02. The Kier molecular flexibility index (Phi) is 3.67. The van der Waals surface area contributed by atoms with Gasteiger partial charge in [-0.15, -0.1) is 0 Å². The third-order valence-corrected chi connectivity index (χ3v) is 2.01. The number of hydrogen-bond acceptors (Lipinski definition) is 3. The van der Waals surface area contributed by atoms with Gasteiger partial charge >= 0.3 is 5.97 Å².